The average molecular weight is 364 g/mol. The Morgan fingerprint density at radius 3 is 2.37 bits per heavy atom. The molecule has 0 saturated carbocycles. The highest BCUT2D eigenvalue weighted by atomic mass is 127. The topological polar surface area (TPSA) is 57.5 Å². The van der Waals surface area contributed by atoms with E-state index in [1.54, 1.807) is 18.2 Å². The first-order chi connectivity index (χ1) is 9.11. The van der Waals surface area contributed by atoms with E-state index in [9.17, 15) is 14.8 Å². The molecule has 1 aliphatic rings. The molecule has 3 rings (SSSR count). The van der Waals surface area contributed by atoms with E-state index in [-0.39, 0.29) is 5.78 Å². The highest BCUT2D eigenvalue weighted by Gasteiger charge is 2.28. The zero-order chi connectivity index (χ0) is 13.6. The third kappa shape index (κ3) is 2.02. The summed E-state index contributed by atoms with van der Waals surface area (Å²) < 4.78 is 0.856. The lowest BCUT2D eigenvalue weighted by molar-refractivity contribution is 0.104. The number of fused-ring (bicyclic) bond motifs is 3. The fourth-order valence-corrected chi connectivity index (χ4v) is 2.86. The number of rotatable bonds is 2. The van der Waals surface area contributed by atoms with Crippen molar-refractivity contribution in [2.45, 2.75) is 4.43 Å². The van der Waals surface area contributed by atoms with Crippen molar-refractivity contribution >= 4 is 41.0 Å². The van der Waals surface area contributed by atoms with E-state index in [4.69, 9.17) is 0 Å². The SMILES string of the molecule is O=C1c2cc(CI)ccc2-c2cc(B(O)O)ccc21. The molecule has 0 bridgehead atoms. The van der Waals surface area contributed by atoms with Crippen molar-refractivity contribution in [3.05, 3.63) is 53.1 Å². The van der Waals surface area contributed by atoms with Crippen LogP contribution in [0.3, 0.4) is 0 Å². The molecule has 2 aromatic carbocycles. The normalized spacial score (nSPS) is 12.3. The van der Waals surface area contributed by atoms with Crippen molar-refractivity contribution in [2.75, 3.05) is 0 Å². The van der Waals surface area contributed by atoms with Gasteiger partial charge in [0.25, 0.3) is 0 Å². The molecular weight excluding hydrogens is 354 g/mol. The van der Waals surface area contributed by atoms with E-state index in [0.29, 0.717) is 16.6 Å². The predicted molar refractivity (Wildman–Crippen MR) is 82.9 cm³/mol. The quantitative estimate of drug-likeness (QED) is 0.412. The van der Waals surface area contributed by atoms with Crippen LogP contribution in [0.1, 0.15) is 21.5 Å². The number of hydrogen-bond acceptors (Lipinski definition) is 3. The molecule has 0 spiro atoms. The van der Waals surface area contributed by atoms with Crippen LogP contribution in [0, 0.1) is 0 Å². The summed E-state index contributed by atoms with van der Waals surface area (Å²) >= 11 is 2.26. The van der Waals surface area contributed by atoms with Crippen molar-refractivity contribution in [3.63, 3.8) is 0 Å². The summed E-state index contributed by atoms with van der Waals surface area (Å²) in [6, 6.07) is 10.8. The summed E-state index contributed by atoms with van der Waals surface area (Å²) in [5.41, 5.74) is 4.50. The van der Waals surface area contributed by atoms with E-state index in [1.807, 2.05) is 18.2 Å². The van der Waals surface area contributed by atoms with Crippen molar-refractivity contribution in [1.82, 2.24) is 0 Å². The molecule has 0 atom stereocenters. The smallest absolute Gasteiger partial charge is 0.423 e. The Hall–Kier alpha value is -1.18. The number of halogens is 1. The molecule has 0 aliphatic heterocycles. The first-order valence-electron chi connectivity index (χ1n) is 5.86. The molecule has 0 amide bonds. The standard InChI is InChI=1S/C14H10BIO3/c16-7-8-1-3-10-12-6-9(15(18)19)2-4-11(12)14(17)13(10)5-8/h1-6,18-19H,7H2. The van der Waals surface area contributed by atoms with E-state index in [2.05, 4.69) is 22.6 Å². The van der Waals surface area contributed by atoms with Gasteiger partial charge in [0, 0.05) is 15.6 Å². The highest BCUT2D eigenvalue weighted by molar-refractivity contribution is 14.1. The Morgan fingerprint density at radius 1 is 0.947 bits per heavy atom. The van der Waals surface area contributed by atoms with Crippen LogP contribution in [0.2, 0.25) is 0 Å². The largest absolute Gasteiger partial charge is 0.488 e. The Balaban J connectivity index is 2.21. The van der Waals surface area contributed by atoms with Crippen molar-refractivity contribution in [3.8, 4) is 11.1 Å². The van der Waals surface area contributed by atoms with Gasteiger partial charge >= 0.3 is 7.12 Å². The van der Waals surface area contributed by atoms with Crippen molar-refractivity contribution in [1.29, 1.82) is 0 Å². The van der Waals surface area contributed by atoms with Crippen LogP contribution in [0.5, 0.6) is 0 Å². The fraction of sp³-hybridized carbons (Fsp3) is 0.0714. The molecule has 0 unspecified atom stereocenters. The van der Waals surface area contributed by atoms with E-state index in [1.165, 1.54) is 0 Å². The molecule has 2 N–H and O–H groups in total. The lowest BCUT2D eigenvalue weighted by Gasteiger charge is -2.04. The van der Waals surface area contributed by atoms with Gasteiger partial charge in [-0.15, -0.1) is 0 Å². The molecule has 0 saturated heterocycles. The second kappa shape index (κ2) is 4.74. The minimum absolute atomic E-state index is 0.00989. The maximum absolute atomic E-state index is 12.3. The Bertz CT molecular complexity index is 682. The number of benzene rings is 2. The van der Waals surface area contributed by atoms with E-state index < -0.39 is 7.12 Å². The van der Waals surface area contributed by atoms with Crippen molar-refractivity contribution in [2.24, 2.45) is 0 Å². The molecule has 0 heterocycles. The first-order valence-corrected chi connectivity index (χ1v) is 7.38. The molecule has 0 radical (unpaired) electrons. The predicted octanol–water partition coefficient (Wildman–Crippen LogP) is 1.51. The van der Waals surface area contributed by atoms with E-state index in [0.717, 1.165) is 21.1 Å². The molecular formula is C14H10BIO3. The van der Waals surface area contributed by atoms with Crippen LogP contribution in [0.25, 0.3) is 11.1 Å². The summed E-state index contributed by atoms with van der Waals surface area (Å²) in [5.74, 6) is 0.00989. The van der Waals surface area contributed by atoms with Gasteiger partial charge in [0.1, 0.15) is 0 Å². The lowest BCUT2D eigenvalue weighted by atomic mass is 9.79. The average Bonchev–Trinajstić information content (AvgIpc) is 2.71. The maximum atomic E-state index is 12.3. The second-order valence-corrected chi connectivity index (χ2v) is 5.28. The molecule has 19 heavy (non-hydrogen) atoms. The van der Waals surface area contributed by atoms with Crippen LogP contribution in [-0.2, 0) is 4.43 Å². The minimum Gasteiger partial charge on any atom is -0.423 e. The van der Waals surface area contributed by atoms with Crippen LogP contribution >= 0.6 is 22.6 Å². The van der Waals surface area contributed by atoms with Gasteiger partial charge in [-0.3, -0.25) is 4.79 Å². The zero-order valence-electron chi connectivity index (χ0n) is 9.93. The first kappa shape index (κ1) is 12.8. The Kier molecular flexibility index (Phi) is 3.20. The summed E-state index contributed by atoms with van der Waals surface area (Å²) in [6.45, 7) is 0. The summed E-state index contributed by atoms with van der Waals surface area (Å²) in [6.07, 6.45) is 0. The monoisotopic (exact) mass is 364 g/mol. The second-order valence-electron chi connectivity index (χ2n) is 4.52. The summed E-state index contributed by atoms with van der Waals surface area (Å²) in [4.78, 5) is 12.3. The maximum Gasteiger partial charge on any atom is 0.488 e. The number of hydrogen-bond donors (Lipinski definition) is 2. The molecule has 3 nitrogen and oxygen atoms in total. The van der Waals surface area contributed by atoms with Gasteiger partial charge in [0.05, 0.1) is 0 Å². The molecule has 94 valence electrons. The number of alkyl halides is 1. The minimum atomic E-state index is -1.52. The Labute approximate surface area is 124 Å². The number of carbonyl (C=O) groups is 1. The molecule has 1 aliphatic carbocycles. The molecule has 2 aromatic rings. The summed E-state index contributed by atoms with van der Waals surface area (Å²) in [7, 11) is -1.52. The van der Waals surface area contributed by atoms with Gasteiger partial charge in [-0.1, -0.05) is 52.9 Å². The van der Waals surface area contributed by atoms with Gasteiger partial charge in [-0.25, -0.2) is 0 Å². The Morgan fingerprint density at radius 2 is 1.68 bits per heavy atom. The highest BCUT2D eigenvalue weighted by Crippen LogP contribution is 2.36. The van der Waals surface area contributed by atoms with Crippen LogP contribution in [-0.4, -0.2) is 22.9 Å². The third-order valence-electron chi connectivity index (χ3n) is 3.36. The molecule has 0 aromatic heterocycles. The fourth-order valence-electron chi connectivity index (χ4n) is 2.39. The summed E-state index contributed by atoms with van der Waals surface area (Å²) in [5, 5.41) is 18.4. The van der Waals surface area contributed by atoms with Crippen LogP contribution < -0.4 is 5.46 Å². The van der Waals surface area contributed by atoms with Gasteiger partial charge in [-0.2, -0.15) is 0 Å². The third-order valence-corrected chi connectivity index (χ3v) is 4.24. The van der Waals surface area contributed by atoms with Gasteiger partial charge in [0.15, 0.2) is 5.78 Å². The van der Waals surface area contributed by atoms with E-state index >= 15 is 0 Å². The van der Waals surface area contributed by atoms with Crippen LogP contribution in [0.15, 0.2) is 36.4 Å². The van der Waals surface area contributed by atoms with Gasteiger partial charge in [0.2, 0.25) is 0 Å². The number of carbonyl (C=O) groups excluding carboxylic acids is 1. The number of ketones is 1. The van der Waals surface area contributed by atoms with Crippen molar-refractivity contribution < 1.29 is 14.8 Å². The molecule has 5 heteroatoms. The van der Waals surface area contributed by atoms with Crippen LogP contribution in [0.4, 0.5) is 0 Å². The lowest BCUT2D eigenvalue weighted by Crippen LogP contribution is -2.29. The van der Waals surface area contributed by atoms with Gasteiger partial charge in [-0.05, 0) is 28.2 Å². The zero-order valence-corrected chi connectivity index (χ0v) is 12.1. The van der Waals surface area contributed by atoms with Gasteiger partial charge < -0.3 is 10.0 Å². The molecule has 0 fully saturated rings.